The summed E-state index contributed by atoms with van der Waals surface area (Å²) in [7, 11) is -3.20. The maximum absolute atomic E-state index is 11.6. The molecule has 0 spiro atoms. The Morgan fingerprint density at radius 1 is 1.29 bits per heavy atom. The van der Waals surface area contributed by atoms with Gasteiger partial charge in [0.15, 0.2) is 0 Å². The summed E-state index contributed by atoms with van der Waals surface area (Å²) in [4.78, 5) is 0. The number of alkyl halides is 1. The molecule has 1 rings (SSSR count). The average molecular weight is 276 g/mol. The Hall–Kier alpha value is -0.580. The Labute approximate surface area is 108 Å². The molecule has 1 unspecified atom stereocenters. The van der Waals surface area contributed by atoms with Crippen LogP contribution in [-0.2, 0) is 16.4 Å². The van der Waals surface area contributed by atoms with Gasteiger partial charge in [0.1, 0.15) is 0 Å². The van der Waals surface area contributed by atoms with Crippen molar-refractivity contribution in [2.24, 2.45) is 0 Å². The molecule has 0 radical (unpaired) electrons. The van der Waals surface area contributed by atoms with E-state index in [9.17, 15) is 8.42 Å². The summed E-state index contributed by atoms with van der Waals surface area (Å²) in [6, 6.07) is 9.72. The summed E-state index contributed by atoms with van der Waals surface area (Å²) < 4.78 is 25.9. The molecule has 3 nitrogen and oxygen atoms in total. The lowest BCUT2D eigenvalue weighted by Gasteiger charge is -2.13. The fourth-order valence-corrected chi connectivity index (χ4v) is 3.25. The standard InChI is InChI=1S/C12H18ClNO2S/c1-11(10-12-6-3-2-4-7-12)14-17(15,16)9-5-8-13/h2-4,6-7,11,14H,5,8-10H2,1H3. The molecule has 5 heteroatoms. The van der Waals surface area contributed by atoms with Crippen LogP contribution in [0.15, 0.2) is 30.3 Å². The molecule has 1 atom stereocenters. The van der Waals surface area contributed by atoms with E-state index < -0.39 is 10.0 Å². The van der Waals surface area contributed by atoms with Gasteiger partial charge in [-0.05, 0) is 25.3 Å². The molecule has 0 amide bonds. The molecule has 0 aliphatic heterocycles. The van der Waals surface area contributed by atoms with E-state index in [-0.39, 0.29) is 11.8 Å². The molecule has 0 aliphatic rings. The Balaban J connectivity index is 2.47. The molecular formula is C12H18ClNO2S. The van der Waals surface area contributed by atoms with Gasteiger partial charge >= 0.3 is 0 Å². The van der Waals surface area contributed by atoms with Crippen molar-refractivity contribution in [3.8, 4) is 0 Å². The van der Waals surface area contributed by atoms with E-state index in [1.165, 1.54) is 0 Å². The second-order valence-electron chi connectivity index (χ2n) is 4.07. The molecule has 0 aromatic heterocycles. The summed E-state index contributed by atoms with van der Waals surface area (Å²) in [6.07, 6.45) is 1.18. The van der Waals surface area contributed by atoms with Crippen molar-refractivity contribution in [1.82, 2.24) is 4.72 Å². The van der Waals surface area contributed by atoms with E-state index in [0.717, 1.165) is 5.56 Å². The normalized spacial score (nSPS) is 13.5. The van der Waals surface area contributed by atoms with Crippen LogP contribution in [-0.4, -0.2) is 26.1 Å². The van der Waals surface area contributed by atoms with Gasteiger partial charge in [0.2, 0.25) is 10.0 Å². The zero-order chi connectivity index (χ0) is 12.7. The first kappa shape index (κ1) is 14.5. The van der Waals surface area contributed by atoms with Crippen LogP contribution in [0.4, 0.5) is 0 Å². The van der Waals surface area contributed by atoms with Crippen LogP contribution in [0.1, 0.15) is 18.9 Å². The second-order valence-corrected chi connectivity index (χ2v) is 6.32. The molecule has 1 N–H and O–H groups in total. The van der Waals surface area contributed by atoms with Gasteiger partial charge in [-0.2, -0.15) is 0 Å². The first-order chi connectivity index (χ1) is 8.03. The second kappa shape index (κ2) is 6.99. The highest BCUT2D eigenvalue weighted by Crippen LogP contribution is 2.04. The number of sulfonamides is 1. The third-order valence-electron chi connectivity index (χ3n) is 2.31. The largest absolute Gasteiger partial charge is 0.212 e. The van der Waals surface area contributed by atoms with Gasteiger partial charge in [-0.1, -0.05) is 30.3 Å². The molecule has 0 saturated carbocycles. The molecule has 0 bridgehead atoms. The Morgan fingerprint density at radius 2 is 1.94 bits per heavy atom. The van der Waals surface area contributed by atoms with Gasteiger partial charge in [0.05, 0.1) is 5.75 Å². The summed E-state index contributed by atoms with van der Waals surface area (Å²) in [5, 5.41) is 0. The highest BCUT2D eigenvalue weighted by atomic mass is 35.5. The van der Waals surface area contributed by atoms with Crippen LogP contribution in [0.25, 0.3) is 0 Å². The first-order valence-corrected chi connectivity index (χ1v) is 7.82. The first-order valence-electron chi connectivity index (χ1n) is 5.63. The maximum Gasteiger partial charge on any atom is 0.211 e. The minimum absolute atomic E-state index is 0.0929. The number of benzene rings is 1. The Kier molecular flexibility index (Phi) is 5.95. The lowest BCUT2D eigenvalue weighted by atomic mass is 10.1. The third-order valence-corrected chi connectivity index (χ3v) is 4.17. The summed E-state index contributed by atoms with van der Waals surface area (Å²) in [5.41, 5.74) is 1.13. The molecular weight excluding hydrogens is 258 g/mol. The van der Waals surface area contributed by atoms with Crippen molar-refractivity contribution in [3.63, 3.8) is 0 Å². The van der Waals surface area contributed by atoms with Crippen molar-refractivity contribution in [2.45, 2.75) is 25.8 Å². The van der Waals surface area contributed by atoms with Crippen LogP contribution < -0.4 is 4.72 Å². The molecule has 0 saturated heterocycles. The molecule has 1 aromatic rings. The lowest BCUT2D eigenvalue weighted by Crippen LogP contribution is -2.35. The predicted octanol–water partition coefficient (Wildman–Crippen LogP) is 2.17. The molecule has 0 fully saturated rings. The van der Waals surface area contributed by atoms with E-state index in [2.05, 4.69) is 4.72 Å². The molecule has 17 heavy (non-hydrogen) atoms. The fourth-order valence-electron chi connectivity index (χ4n) is 1.62. The Morgan fingerprint density at radius 3 is 2.53 bits per heavy atom. The van der Waals surface area contributed by atoms with Crippen LogP contribution in [0.5, 0.6) is 0 Å². The monoisotopic (exact) mass is 275 g/mol. The zero-order valence-electron chi connectivity index (χ0n) is 9.90. The lowest BCUT2D eigenvalue weighted by molar-refractivity contribution is 0.558. The average Bonchev–Trinajstić information content (AvgIpc) is 2.27. The highest BCUT2D eigenvalue weighted by molar-refractivity contribution is 7.89. The van der Waals surface area contributed by atoms with Gasteiger partial charge in [0.25, 0.3) is 0 Å². The smallest absolute Gasteiger partial charge is 0.211 e. The van der Waals surface area contributed by atoms with Crippen LogP contribution in [0.2, 0.25) is 0 Å². The third kappa shape index (κ3) is 6.05. The Bertz CT molecular complexity index is 419. The van der Waals surface area contributed by atoms with Crippen LogP contribution in [0, 0.1) is 0 Å². The van der Waals surface area contributed by atoms with Gasteiger partial charge in [-0.3, -0.25) is 0 Å². The van der Waals surface area contributed by atoms with E-state index in [1.54, 1.807) is 0 Å². The predicted molar refractivity (Wildman–Crippen MR) is 71.9 cm³/mol. The molecule has 1 aromatic carbocycles. The SMILES string of the molecule is CC(Cc1ccccc1)NS(=O)(=O)CCCCl. The maximum atomic E-state index is 11.6. The zero-order valence-corrected chi connectivity index (χ0v) is 11.5. The number of hydrogen-bond donors (Lipinski definition) is 1. The van der Waals surface area contributed by atoms with Crippen molar-refractivity contribution in [1.29, 1.82) is 0 Å². The van der Waals surface area contributed by atoms with Crippen molar-refractivity contribution in [3.05, 3.63) is 35.9 Å². The number of hydrogen-bond acceptors (Lipinski definition) is 2. The van der Waals surface area contributed by atoms with E-state index in [0.29, 0.717) is 18.7 Å². The quantitative estimate of drug-likeness (QED) is 0.775. The molecule has 96 valence electrons. The van der Waals surface area contributed by atoms with Gasteiger partial charge in [-0.15, -0.1) is 11.6 Å². The van der Waals surface area contributed by atoms with E-state index in [1.807, 2.05) is 37.3 Å². The molecule has 0 aliphatic carbocycles. The summed E-state index contributed by atoms with van der Waals surface area (Å²) >= 11 is 5.48. The number of nitrogens with one attached hydrogen (secondary N) is 1. The van der Waals surface area contributed by atoms with Crippen LogP contribution in [0.3, 0.4) is 0 Å². The van der Waals surface area contributed by atoms with Gasteiger partial charge in [-0.25, -0.2) is 13.1 Å². The number of rotatable bonds is 7. The summed E-state index contributed by atoms with van der Waals surface area (Å²) in [6.45, 7) is 1.87. The fraction of sp³-hybridized carbons (Fsp3) is 0.500. The highest BCUT2D eigenvalue weighted by Gasteiger charge is 2.13. The van der Waals surface area contributed by atoms with Crippen LogP contribution >= 0.6 is 11.6 Å². The van der Waals surface area contributed by atoms with Gasteiger partial charge in [0, 0.05) is 11.9 Å². The number of halogens is 1. The van der Waals surface area contributed by atoms with Crippen molar-refractivity contribution >= 4 is 21.6 Å². The van der Waals surface area contributed by atoms with Gasteiger partial charge < -0.3 is 0 Å². The molecule has 0 heterocycles. The van der Waals surface area contributed by atoms with Crippen molar-refractivity contribution in [2.75, 3.05) is 11.6 Å². The topological polar surface area (TPSA) is 46.2 Å². The minimum atomic E-state index is -3.20. The van der Waals surface area contributed by atoms with E-state index >= 15 is 0 Å². The van der Waals surface area contributed by atoms with Crippen molar-refractivity contribution < 1.29 is 8.42 Å². The minimum Gasteiger partial charge on any atom is -0.212 e. The van der Waals surface area contributed by atoms with E-state index in [4.69, 9.17) is 11.6 Å². The summed E-state index contributed by atoms with van der Waals surface area (Å²) in [5.74, 6) is 0.462.